The Labute approximate surface area is 192 Å². The molecular weight excluding hydrogens is 475 g/mol. The normalized spacial score (nSPS) is 12.0. The molecule has 0 atom stereocenters. The second kappa shape index (κ2) is 8.21. The molecule has 1 amide bonds. The number of halogens is 3. The van der Waals surface area contributed by atoms with Crippen molar-refractivity contribution >= 4 is 55.5 Å². The van der Waals surface area contributed by atoms with Crippen molar-refractivity contribution in [3.05, 3.63) is 69.4 Å². The molecule has 168 valence electrons. The second-order valence-corrected chi connectivity index (χ2v) is 9.12. The molecular formula is C21H14F3N5O2S2. The lowest BCUT2D eigenvalue weighted by Crippen LogP contribution is -2.17. The quantitative estimate of drug-likeness (QED) is 0.366. The van der Waals surface area contributed by atoms with E-state index in [4.69, 9.17) is 0 Å². The highest BCUT2D eigenvalue weighted by molar-refractivity contribution is 7.18. The summed E-state index contributed by atoms with van der Waals surface area (Å²) in [6, 6.07) is 6.57. The predicted molar refractivity (Wildman–Crippen MR) is 119 cm³/mol. The van der Waals surface area contributed by atoms with Crippen molar-refractivity contribution in [3.8, 4) is 0 Å². The van der Waals surface area contributed by atoms with Gasteiger partial charge in [0.15, 0.2) is 0 Å². The molecule has 0 aliphatic carbocycles. The fraction of sp³-hybridized carbons (Fsp3) is 0.143. The SMILES string of the molecule is O=C(Nc1cnc2sc(CO)nc2c1)c1cc2ccc(C(F)(F)F)cc2n1Cc1nccs1. The van der Waals surface area contributed by atoms with Crippen LogP contribution in [0.2, 0.25) is 0 Å². The van der Waals surface area contributed by atoms with Crippen LogP contribution in [0.5, 0.6) is 0 Å². The maximum absolute atomic E-state index is 13.3. The molecule has 4 aromatic heterocycles. The first-order valence-electron chi connectivity index (χ1n) is 9.58. The summed E-state index contributed by atoms with van der Waals surface area (Å²) in [5, 5.41) is 15.4. The largest absolute Gasteiger partial charge is 0.416 e. The number of pyridine rings is 1. The first-order chi connectivity index (χ1) is 15.8. The van der Waals surface area contributed by atoms with Crippen molar-refractivity contribution in [3.63, 3.8) is 0 Å². The number of rotatable bonds is 5. The average molecular weight is 490 g/mol. The van der Waals surface area contributed by atoms with E-state index in [9.17, 15) is 23.1 Å². The lowest BCUT2D eigenvalue weighted by molar-refractivity contribution is -0.137. The molecule has 33 heavy (non-hydrogen) atoms. The minimum absolute atomic E-state index is 0.147. The summed E-state index contributed by atoms with van der Waals surface area (Å²) in [5.74, 6) is -0.505. The van der Waals surface area contributed by atoms with E-state index in [1.807, 2.05) is 0 Å². The molecule has 0 aliphatic rings. The molecule has 12 heteroatoms. The van der Waals surface area contributed by atoms with Crippen molar-refractivity contribution in [1.82, 2.24) is 19.5 Å². The van der Waals surface area contributed by atoms with E-state index >= 15 is 0 Å². The molecule has 1 aromatic carbocycles. The third-order valence-electron chi connectivity index (χ3n) is 4.93. The van der Waals surface area contributed by atoms with Crippen LogP contribution in [0, 0.1) is 0 Å². The van der Waals surface area contributed by atoms with Crippen LogP contribution < -0.4 is 5.32 Å². The van der Waals surface area contributed by atoms with E-state index in [0.29, 0.717) is 31.4 Å². The van der Waals surface area contributed by atoms with Crippen molar-refractivity contribution in [2.24, 2.45) is 0 Å². The number of aromatic nitrogens is 4. The van der Waals surface area contributed by atoms with Crippen LogP contribution in [0.1, 0.15) is 26.1 Å². The van der Waals surface area contributed by atoms with E-state index in [2.05, 4.69) is 20.3 Å². The van der Waals surface area contributed by atoms with Gasteiger partial charge in [0.2, 0.25) is 0 Å². The van der Waals surface area contributed by atoms with Gasteiger partial charge in [0.25, 0.3) is 5.91 Å². The molecule has 0 bridgehead atoms. The molecule has 0 radical (unpaired) electrons. The number of aliphatic hydroxyl groups excluding tert-OH is 1. The number of carbonyl (C=O) groups excluding carboxylic acids is 1. The molecule has 5 rings (SSSR count). The number of amides is 1. The van der Waals surface area contributed by atoms with Gasteiger partial charge in [0.05, 0.1) is 30.6 Å². The zero-order valence-corrected chi connectivity index (χ0v) is 18.3. The summed E-state index contributed by atoms with van der Waals surface area (Å²) in [6.45, 7) is -0.0616. The van der Waals surface area contributed by atoms with Crippen molar-refractivity contribution in [2.45, 2.75) is 19.3 Å². The maximum Gasteiger partial charge on any atom is 0.416 e. The van der Waals surface area contributed by atoms with Crippen molar-refractivity contribution in [1.29, 1.82) is 0 Å². The Bertz CT molecular complexity index is 1470. The lowest BCUT2D eigenvalue weighted by Gasteiger charge is -2.11. The average Bonchev–Trinajstić information content (AvgIpc) is 3.51. The molecule has 0 spiro atoms. The summed E-state index contributed by atoms with van der Waals surface area (Å²) in [7, 11) is 0. The first-order valence-corrected chi connectivity index (χ1v) is 11.3. The Morgan fingerprint density at radius 1 is 1.15 bits per heavy atom. The van der Waals surface area contributed by atoms with Crippen LogP contribution in [0.15, 0.2) is 48.1 Å². The second-order valence-electron chi connectivity index (χ2n) is 7.08. The first kappa shape index (κ1) is 21.5. The van der Waals surface area contributed by atoms with Gasteiger partial charge < -0.3 is 15.0 Å². The number of anilines is 1. The van der Waals surface area contributed by atoms with Crippen LogP contribution in [0.3, 0.4) is 0 Å². The number of alkyl halides is 3. The number of hydrogen-bond acceptors (Lipinski definition) is 7. The van der Waals surface area contributed by atoms with Gasteiger partial charge in [-0.15, -0.1) is 11.3 Å². The maximum atomic E-state index is 13.3. The van der Waals surface area contributed by atoms with Crippen LogP contribution >= 0.6 is 22.7 Å². The molecule has 0 unspecified atom stereocenters. The van der Waals surface area contributed by atoms with Crippen molar-refractivity contribution in [2.75, 3.05) is 5.32 Å². The predicted octanol–water partition coefficient (Wildman–Crippen LogP) is 4.91. The molecule has 0 fully saturated rings. The number of thiazole rings is 2. The number of nitrogens with one attached hydrogen (secondary N) is 1. The standard InChI is InChI=1S/C21H14F3N5O2S2/c22-21(23,24)12-2-1-11-5-16(29(15(11)6-12)9-17-25-3-4-32-17)19(31)27-13-7-14-20(26-8-13)33-18(10-30)28-14/h1-8,30H,9-10H2,(H,27,31). The number of carbonyl (C=O) groups is 1. The van der Waals surface area contributed by atoms with E-state index in [1.165, 1.54) is 39.5 Å². The number of aliphatic hydroxyl groups is 1. The highest BCUT2D eigenvalue weighted by Gasteiger charge is 2.31. The van der Waals surface area contributed by atoms with E-state index in [0.717, 1.165) is 12.1 Å². The summed E-state index contributed by atoms with van der Waals surface area (Å²) in [4.78, 5) is 26.5. The number of nitrogens with zero attached hydrogens (tertiary/aromatic N) is 4. The van der Waals surface area contributed by atoms with Gasteiger partial charge in [-0.1, -0.05) is 17.4 Å². The van der Waals surface area contributed by atoms with Crippen LogP contribution in [0.25, 0.3) is 21.3 Å². The Kier molecular flexibility index (Phi) is 5.35. The topological polar surface area (TPSA) is 92.9 Å². The van der Waals surface area contributed by atoms with Gasteiger partial charge in [-0.25, -0.2) is 15.0 Å². The molecule has 0 saturated heterocycles. The number of hydrogen-bond donors (Lipinski definition) is 2. The monoisotopic (exact) mass is 489 g/mol. The van der Waals surface area contributed by atoms with Gasteiger partial charge in [-0.05, 0) is 24.3 Å². The van der Waals surface area contributed by atoms with E-state index in [1.54, 1.807) is 23.7 Å². The molecule has 0 saturated carbocycles. The zero-order valence-electron chi connectivity index (χ0n) is 16.6. The molecule has 4 heterocycles. The summed E-state index contributed by atoms with van der Waals surface area (Å²) < 4.78 is 41.4. The summed E-state index contributed by atoms with van der Waals surface area (Å²) in [5.41, 5.74) is 0.586. The zero-order chi connectivity index (χ0) is 23.2. The Morgan fingerprint density at radius 3 is 2.73 bits per heavy atom. The van der Waals surface area contributed by atoms with Gasteiger partial charge in [0.1, 0.15) is 26.1 Å². The van der Waals surface area contributed by atoms with Crippen molar-refractivity contribution < 1.29 is 23.1 Å². The smallest absolute Gasteiger partial charge is 0.389 e. The van der Waals surface area contributed by atoms with E-state index < -0.39 is 17.6 Å². The molecule has 5 aromatic rings. The van der Waals surface area contributed by atoms with Gasteiger partial charge in [-0.2, -0.15) is 13.2 Å². The van der Waals surface area contributed by atoms with Gasteiger partial charge >= 0.3 is 6.18 Å². The minimum Gasteiger partial charge on any atom is -0.389 e. The Balaban J connectivity index is 1.55. The third kappa shape index (κ3) is 4.19. The summed E-state index contributed by atoms with van der Waals surface area (Å²) >= 11 is 2.59. The number of fused-ring (bicyclic) bond motifs is 2. The number of benzene rings is 1. The van der Waals surface area contributed by atoms with E-state index in [-0.39, 0.29) is 24.4 Å². The van der Waals surface area contributed by atoms with Crippen LogP contribution in [0.4, 0.5) is 18.9 Å². The fourth-order valence-corrected chi connectivity index (χ4v) is 4.81. The lowest BCUT2D eigenvalue weighted by atomic mass is 10.1. The minimum atomic E-state index is -4.51. The van der Waals surface area contributed by atoms with Gasteiger partial charge in [0, 0.05) is 22.5 Å². The highest BCUT2D eigenvalue weighted by Crippen LogP contribution is 2.33. The molecule has 7 nitrogen and oxygen atoms in total. The molecule has 0 aliphatic heterocycles. The Morgan fingerprint density at radius 2 is 2.00 bits per heavy atom. The van der Waals surface area contributed by atoms with Gasteiger partial charge in [-0.3, -0.25) is 4.79 Å². The molecule has 2 N–H and O–H groups in total. The van der Waals surface area contributed by atoms with Crippen LogP contribution in [-0.4, -0.2) is 30.5 Å². The third-order valence-corrected chi connectivity index (χ3v) is 6.65. The Hall–Kier alpha value is -3.35. The summed E-state index contributed by atoms with van der Waals surface area (Å²) in [6.07, 6.45) is -1.44. The fourth-order valence-electron chi connectivity index (χ4n) is 3.45. The van der Waals surface area contributed by atoms with Crippen LogP contribution in [-0.2, 0) is 19.3 Å². The highest BCUT2D eigenvalue weighted by atomic mass is 32.1.